The minimum absolute atomic E-state index is 0.303. The molecule has 27 heavy (non-hydrogen) atoms. The van der Waals surface area contributed by atoms with Gasteiger partial charge in [0.2, 0.25) is 5.91 Å². The summed E-state index contributed by atoms with van der Waals surface area (Å²) < 4.78 is 2.10. The van der Waals surface area contributed by atoms with Crippen LogP contribution in [0.5, 0.6) is 0 Å². The van der Waals surface area contributed by atoms with Crippen LogP contribution in [0.4, 0.5) is 0 Å². The van der Waals surface area contributed by atoms with E-state index < -0.39 is 0 Å². The minimum Gasteiger partial charge on any atom is -0.342 e. The molecule has 1 amide bonds. The van der Waals surface area contributed by atoms with E-state index in [1.807, 2.05) is 24.4 Å². The van der Waals surface area contributed by atoms with Crippen LogP contribution in [0.15, 0.2) is 24.4 Å². The molecule has 2 aromatic rings. The molecule has 2 aromatic heterocycles. The lowest BCUT2D eigenvalue weighted by molar-refractivity contribution is -0.150. The number of hydrogen-bond donors (Lipinski definition) is 0. The fraction of sp³-hybridized carbons (Fsp3) is 0.682. The predicted molar refractivity (Wildman–Crippen MR) is 102 cm³/mol. The van der Waals surface area contributed by atoms with Crippen LogP contribution in [-0.4, -0.2) is 38.5 Å². The Labute approximate surface area is 160 Å². The molecule has 4 bridgehead atoms. The molecule has 1 unspecified atom stereocenters. The van der Waals surface area contributed by atoms with Gasteiger partial charge in [-0.2, -0.15) is 0 Å². The van der Waals surface area contributed by atoms with Gasteiger partial charge in [-0.3, -0.25) is 9.20 Å². The molecule has 7 rings (SSSR count). The van der Waals surface area contributed by atoms with E-state index in [0.29, 0.717) is 29.6 Å². The monoisotopic (exact) mass is 364 g/mol. The fourth-order valence-electron chi connectivity index (χ4n) is 7.07. The highest BCUT2D eigenvalue weighted by atomic mass is 16.2. The van der Waals surface area contributed by atoms with E-state index in [9.17, 15) is 4.79 Å². The van der Waals surface area contributed by atoms with Crippen LogP contribution >= 0.6 is 0 Å². The van der Waals surface area contributed by atoms with Crippen LogP contribution in [-0.2, 0) is 4.79 Å². The SMILES string of the molecule is O=C(C1C2CC3CC(C2)CC1C3)N1CCCC(c2nnc3ccccn23)C1. The van der Waals surface area contributed by atoms with Gasteiger partial charge in [-0.05, 0) is 80.8 Å². The van der Waals surface area contributed by atoms with Gasteiger partial charge in [-0.15, -0.1) is 10.2 Å². The molecule has 1 aliphatic heterocycles. The molecule has 5 heteroatoms. The first-order valence-corrected chi connectivity index (χ1v) is 10.8. The van der Waals surface area contributed by atoms with Crippen molar-refractivity contribution in [2.75, 3.05) is 13.1 Å². The van der Waals surface area contributed by atoms with Gasteiger partial charge in [0.25, 0.3) is 0 Å². The summed E-state index contributed by atoms with van der Waals surface area (Å²) in [5, 5.41) is 8.80. The lowest BCUT2D eigenvalue weighted by Crippen LogP contribution is -2.53. The van der Waals surface area contributed by atoms with E-state index in [4.69, 9.17) is 0 Å². The first-order chi connectivity index (χ1) is 13.3. The van der Waals surface area contributed by atoms with Crippen LogP contribution in [0.2, 0.25) is 0 Å². The third kappa shape index (κ3) is 2.54. The van der Waals surface area contributed by atoms with E-state index in [1.165, 1.54) is 32.1 Å². The Morgan fingerprint density at radius 3 is 2.56 bits per heavy atom. The zero-order valence-electron chi connectivity index (χ0n) is 15.8. The zero-order chi connectivity index (χ0) is 18.0. The third-order valence-corrected chi connectivity index (χ3v) is 7.95. The van der Waals surface area contributed by atoms with Gasteiger partial charge in [0.15, 0.2) is 5.65 Å². The Balaban J connectivity index is 1.23. The first-order valence-electron chi connectivity index (χ1n) is 10.8. The molecule has 0 spiro atoms. The summed E-state index contributed by atoms with van der Waals surface area (Å²) in [7, 11) is 0. The highest BCUT2D eigenvalue weighted by Crippen LogP contribution is 2.57. The average Bonchev–Trinajstić information content (AvgIpc) is 3.11. The number of hydrogen-bond acceptors (Lipinski definition) is 3. The summed E-state index contributed by atoms with van der Waals surface area (Å²) in [4.78, 5) is 15.7. The van der Waals surface area contributed by atoms with Crippen LogP contribution in [0.1, 0.15) is 56.7 Å². The van der Waals surface area contributed by atoms with Crippen LogP contribution in [0, 0.1) is 29.6 Å². The van der Waals surface area contributed by atoms with Gasteiger partial charge in [-0.1, -0.05) is 6.07 Å². The Morgan fingerprint density at radius 2 is 1.78 bits per heavy atom. The first kappa shape index (κ1) is 16.1. The maximum Gasteiger partial charge on any atom is 0.226 e. The molecular formula is C22H28N4O. The van der Waals surface area contributed by atoms with Crippen molar-refractivity contribution < 1.29 is 4.79 Å². The number of aromatic nitrogens is 3. The molecule has 0 radical (unpaired) electrons. The second-order valence-corrected chi connectivity index (χ2v) is 9.57. The largest absolute Gasteiger partial charge is 0.342 e. The third-order valence-electron chi connectivity index (χ3n) is 7.95. The summed E-state index contributed by atoms with van der Waals surface area (Å²) in [6, 6.07) is 6.02. The van der Waals surface area contributed by atoms with Gasteiger partial charge in [0.1, 0.15) is 5.82 Å². The van der Waals surface area contributed by atoms with Gasteiger partial charge in [0.05, 0.1) is 0 Å². The number of piperidine rings is 1. The number of likely N-dealkylation sites (tertiary alicyclic amines) is 1. The summed E-state index contributed by atoms with van der Waals surface area (Å²) in [5.74, 6) is 5.28. The smallest absolute Gasteiger partial charge is 0.226 e. The second-order valence-electron chi connectivity index (χ2n) is 9.57. The number of amides is 1. The van der Waals surface area contributed by atoms with Crippen molar-refractivity contribution in [3.05, 3.63) is 30.2 Å². The predicted octanol–water partition coefficient (Wildman–Crippen LogP) is 3.51. The fourth-order valence-corrected chi connectivity index (χ4v) is 7.07. The van der Waals surface area contributed by atoms with Gasteiger partial charge >= 0.3 is 0 Å². The highest BCUT2D eigenvalue weighted by molar-refractivity contribution is 5.80. The average molecular weight is 364 g/mol. The second kappa shape index (κ2) is 6.05. The Hall–Kier alpha value is -1.91. The maximum absolute atomic E-state index is 13.6. The lowest BCUT2D eigenvalue weighted by Gasteiger charge is -2.54. The summed E-state index contributed by atoms with van der Waals surface area (Å²) in [6.45, 7) is 1.74. The van der Waals surface area contributed by atoms with Crippen molar-refractivity contribution in [3.63, 3.8) is 0 Å². The molecule has 1 saturated heterocycles. The summed E-state index contributed by atoms with van der Waals surface area (Å²) in [6.07, 6.45) is 10.9. The van der Waals surface area contributed by atoms with Crippen molar-refractivity contribution in [3.8, 4) is 0 Å². The van der Waals surface area contributed by atoms with Gasteiger partial charge < -0.3 is 4.90 Å². The highest BCUT2D eigenvalue weighted by Gasteiger charge is 2.51. The topological polar surface area (TPSA) is 50.5 Å². The van der Waals surface area contributed by atoms with E-state index in [1.54, 1.807) is 0 Å². The number of rotatable bonds is 2. The van der Waals surface area contributed by atoms with E-state index in [2.05, 4.69) is 19.5 Å². The van der Waals surface area contributed by atoms with Crippen LogP contribution in [0.25, 0.3) is 5.65 Å². The molecule has 1 atom stereocenters. The molecule has 4 aliphatic carbocycles. The number of nitrogens with zero attached hydrogens (tertiary/aromatic N) is 4. The van der Waals surface area contributed by atoms with Crippen LogP contribution < -0.4 is 0 Å². The van der Waals surface area contributed by atoms with E-state index in [0.717, 1.165) is 49.2 Å². The molecule has 0 N–H and O–H groups in total. The Bertz CT molecular complexity index is 846. The van der Waals surface area contributed by atoms with Crippen molar-refractivity contribution in [2.24, 2.45) is 29.6 Å². The number of carbonyl (C=O) groups is 1. The number of carbonyl (C=O) groups excluding carboxylic acids is 1. The summed E-state index contributed by atoms with van der Waals surface area (Å²) in [5.41, 5.74) is 0.900. The Morgan fingerprint density at radius 1 is 1.00 bits per heavy atom. The van der Waals surface area contributed by atoms with Crippen molar-refractivity contribution >= 4 is 11.6 Å². The standard InChI is InChI=1S/C22H28N4O/c27-22(20-17-9-14-8-15(11-17)12-18(20)10-14)25-6-3-4-16(13-25)21-24-23-19-5-1-2-7-26(19)21/h1-2,5,7,14-18,20H,3-4,6,8-13H2. The molecule has 5 nitrogen and oxygen atoms in total. The molecule has 3 heterocycles. The molecule has 5 aliphatic rings. The Kier molecular flexibility index (Phi) is 3.60. The molecule has 4 saturated carbocycles. The summed E-state index contributed by atoms with van der Waals surface area (Å²) >= 11 is 0. The van der Waals surface area contributed by atoms with Crippen LogP contribution in [0.3, 0.4) is 0 Å². The molecule has 0 aromatic carbocycles. The van der Waals surface area contributed by atoms with Crippen molar-refractivity contribution in [1.29, 1.82) is 0 Å². The quantitative estimate of drug-likeness (QED) is 0.819. The normalized spacial score (nSPS) is 37.9. The van der Waals surface area contributed by atoms with E-state index in [-0.39, 0.29) is 0 Å². The molecular weight excluding hydrogens is 336 g/mol. The minimum atomic E-state index is 0.303. The molecule has 142 valence electrons. The lowest BCUT2D eigenvalue weighted by atomic mass is 9.51. The zero-order valence-corrected chi connectivity index (χ0v) is 15.8. The van der Waals surface area contributed by atoms with Gasteiger partial charge in [-0.25, -0.2) is 0 Å². The van der Waals surface area contributed by atoms with Crippen molar-refractivity contribution in [2.45, 2.75) is 50.9 Å². The van der Waals surface area contributed by atoms with Gasteiger partial charge in [0, 0.05) is 31.1 Å². The van der Waals surface area contributed by atoms with Crippen molar-refractivity contribution in [1.82, 2.24) is 19.5 Å². The number of fused-ring (bicyclic) bond motifs is 1. The molecule has 5 fully saturated rings. The van der Waals surface area contributed by atoms with E-state index >= 15 is 0 Å². The maximum atomic E-state index is 13.6. The number of pyridine rings is 1.